The number of ether oxygens (including phenoxy) is 1. The predicted octanol–water partition coefficient (Wildman–Crippen LogP) is 3.95. The molecule has 3 rings (SSSR count). The highest BCUT2D eigenvalue weighted by Crippen LogP contribution is 2.37. The summed E-state index contributed by atoms with van der Waals surface area (Å²) in [6.07, 6.45) is -0.359. The van der Waals surface area contributed by atoms with Gasteiger partial charge in [0.2, 0.25) is 0 Å². The Balaban J connectivity index is 1.82. The lowest BCUT2D eigenvalue weighted by Gasteiger charge is -2.34. The lowest BCUT2D eigenvalue weighted by molar-refractivity contribution is -0.137. The fourth-order valence-electron chi connectivity index (χ4n) is 3.54. The van der Waals surface area contributed by atoms with Crippen molar-refractivity contribution in [2.45, 2.75) is 44.0 Å². The van der Waals surface area contributed by atoms with E-state index in [0.717, 1.165) is 38.4 Å². The second kappa shape index (κ2) is 5.81. The Morgan fingerprint density at radius 1 is 1.23 bits per heavy atom. The molecule has 3 unspecified atom stereocenters. The van der Waals surface area contributed by atoms with Gasteiger partial charge in [0.1, 0.15) is 0 Å². The predicted molar refractivity (Wildman–Crippen MR) is 75.3 cm³/mol. The van der Waals surface area contributed by atoms with Crippen LogP contribution in [-0.4, -0.2) is 18.8 Å². The number of nitriles is 1. The Kier molecular flexibility index (Phi) is 4.00. The van der Waals surface area contributed by atoms with Crippen molar-refractivity contribution < 1.29 is 17.9 Å². The van der Waals surface area contributed by atoms with E-state index in [1.807, 2.05) is 0 Å². The molecule has 3 atom stereocenters. The minimum absolute atomic E-state index is 0.135. The molecule has 0 bridgehead atoms. The average Bonchev–Trinajstić information content (AvgIpc) is 2.96. The van der Waals surface area contributed by atoms with Crippen LogP contribution in [0.5, 0.6) is 0 Å². The van der Waals surface area contributed by atoms with Crippen molar-refractivity contribution >= 4 is 5.69 Å². The van der Waals surface area contributed by atoms with Crippen LogP contribution in [0, 0.1) is 17.2 Å². The zero-order valence-corrected chi connectivity index (χ0v) is 12.0. The fourth-order valence-corrected chi connectivity index (χ4v) is 3.54. The smallest absolute Gasteiger partial charge is 0.382 e. The zero-order valence-electron chi connectivity index (χ0n) is 12.0. The minimum Gasteiger partial charge on any atom is -0.382 e. The fraction of sp³-hybridized carbons (Fsp3) is 0.562. The number of hydrogen-bond acceptors (Lipinski definition) is 3. The van der Waals surface area contributed by atoms with Crippen LogP contribution < -0.4 is 5.32 Å². The summed E-state index contributed by atoms with van der Waals surface area (Å²) in [7, 11) is 0. The normalized spacial score (nSPS) is 28.0. The van der Waals surface area contributed by atoms with Gasteiger partial charge in [-0.05, 0) is 43.9 Å². The third-order valence-corrected chi connectivity index (χ3v) is 4.58. The Labute approximate surface area is 127 Å². The molecule has 1 saturated carbocycles. The Morgan fingerprint density at radius 3 is 2.77 bits per heavy atom. The number of halogens is 3. The quantitative estimate of drug-likeness (QED) is 0.899. The number of benzene rings is 1. The molecule has 118 valence electrons. The molecule has 0 amide bonds. The molecule has 1 aromatic rings. The Morgan fingerprint density at radius 2 is 2.05 bits per heavy atom. The number of rotatable bonds is 2. The summed E-state index contributed by atoms with van der Waals surface area (Å²) in [5, 5.41) is 12.1. The van der Waals surface area contributed by atoms with Gasteiger partial charge in [-0.15, -0.1) is 0 Å². The first-order valence-corrected chi connectivity index (χ1v) is 7.48. The Bertz CT molecular complexity index is 594. The van der Waals surface area contributed by atoms with E-state index in [0.29, 0.717) is 11.6 Å². The highest BCUT2D eigenvalue weighted by Gasteiger charge is 2.38. The summed E-state index contributed by atoms with van der Waals surface area (Å²) in [4.78, 5) is 0. The van der Waals surface area contributed by atoms with Crippen molar-refractivity contribution in [3.63, 3.8) is 0 Å². The molecule has 1 heterocycles. The van der Waals surface area contributed by atoms with E-state index in [9.17, 15) is 13.2 Å². The van der Waals surface area contributed by atoms with Gasteiger partial charge < -0.3 is 10.1 Å². The van der Waals surface area contributed by atoms with Crippen molar-refractivity contribution in [3.05, 3.63) is 29.3 Å². The first-order chi connectivity index (χ1) is 10.5. The monoisotopic (exact) mass is 310 g/mol. The summed E-state index contributed by atoms with van der Waals surface area (Å²) in [5.74, 6) is 0.360. The number of anilines is 1. The summed E-state index contributed by atoms with van der Waals surface area (Å²) in [5.41, 5.74) is -0.803. The maximum Gasteiger partial charge on any atom is 0.417 e. The molecule has 1 aromatic carbocycles. The molecule has 6 heteroatoms. The van der Waals surface area contributed by atoms with Gasteiger partial charge in [0, 0.05) is 24.3 Å². The summed E-state index contributed by atoms with van der Waals surface area (Å²) >= 11 is 0. The maximum absolute atomic E-state index is 13.0. The maximum atomic E-state index is 13.0. The standard InChI is InChI=1S/C16H17F3N2O/c17-16(18,19)13-8-11(5-4-10(13)9-20)21-14-2-1-3-15-12(14)6-7-22-15/h4-5,8,12,14-15,21H,1-3,6-7H2. The number of fused-ring (bicyclic) bond motifs is 1. The second-order valence-corrected chi connectivity index (χ2v) is 5.91. The third-order valence-electron chi connectivity index (χ3n) is 4.58. The third kappa shape index (κ3) is 2.91. The van der Waals surface area contributed by atoms with E-state index >= 15 is 0 Å². The number of hydrogen-bond donors (Lipinski definition) is 1. The van der Waals surface area contributed by atoms with Gasteiger partial charge in [-0.1, -0.05) is 0 Å². The molecular formula is C16H17F3N2O. The summed E-state index contributed by atoms with van der Waals surface area (Å²) < 4.78 is 44.7. The second-order valence-electron chi connectivity index (χ2n) is 5.91. The Hall–Kier alpha value is -1.74. The minimum atomic E-state index is -4.52. The summed E-state index contributed by atoms with van der Waals surface area (Å²) in [6.45, 7) is 0.731. The van der Waals surface area contributed by atoms with Gasteiger partial charge >= 0.3 is 6.18 Å². The van der Waals surface area contributed by atoms with Crippen LogP contribution in [0.3, 0.4) is 0 Å². The van der Waals surface area contributed by atoms with Gasteiger partial charge in [0.15, 0.2) is 0 Å². The van der Waals surface area contributed by atoms with Crippen molar-refractivity contribution in [1.82, 2.24) is 0 Å². The molecule has 3 nitrogen and oxygen atoms in total. The molecule has 0 aromatic heterocycles. The molecule has 22 heavy (non-hydrogen) atoms. The molecule has 0 spiro atoms. The molecule has 1 N–H and O–H groups in total. The molecule has 1 aliphatic heterocycles. The molecule has 2 fully saturated rings. The summed E-state index contributed by atoms with van der Waals surface area (Å²) in [6, 6.07) is 5.56. The molecule has 1 saturated heterocycles. The van der Waals surface area contributed by atoms with Gasteiger partial charge in [0.05, 0.1) is 23.3 Å². The topological polar surface area (TPSA) is 45.0 Å². The highest BCUT2D eigenvalue weighted by atomic mass is 19.4. The SMILES string of the molecule is N#Cc1ccc(NC2CCCC3OCCC23)cc1C(F)(F)F. The van der Waals surface area contributed by atoms with E-state index < -0.39 is 11.7 Å². The van der Waals surface area contributed by atoms with Crippen LogP contribution in [0.25, 0.3) is 0 Å². The lowest BCUT2D eigenvalue weighted by atomic mass is 9.81. The van der Waals surface area contributed by atoms with Gasteiger partial charge in [0.25, 0.3) is 0 Å². The van der Waals surface area contributed by atoms with Crippen molar-refractivity contribution in [2.24, 2.45) is 5.92 Å². The first-order valence-electron chi connectivity index (χ1n) is 7.48. The van der Waals surface area contributed by atoms with E-state index in [1.54, 1.807) is 12.1 Å². The van der Waals surface area contributed by atoms with Crippen molar-refractivity contribution in [1.29, 1.82) is 5.26 Å². The molecule has 2 aliphatic rings. The van der Waals surface area contributed by atoms with Crippen molar-refractivity contribution in [2.75, 3.05) is 11.9 Å². The number of nitrogens with zero attached hydrogens (tertiary/aromatic N) is 1. The number of alkyl halides is 3. The lowest BCUT2D eigenvalue weighted by Crippen LogP contribution is -2.38. The van der Waals surface area contributed by atoms with E-state index in [1.165, 1.54) is 6.07 Å². The van der Waals surface area contributed by atoms with Crippen LogP contribution in [0.15, 0.2) is 18.2 Å². The van der Waals surface area contributed by atoms with Crippen molar-refractivity contribution in [3.8, 4) is 6.07 Å². The van der Waals surface area contributed by atoms with E-state index in [4.69, 9.17) is 10.00 Å². The first kappa shape index (κ1) is 15.2. The van der Waals surface area contributed by atoms with Crippen LogP contribution in [0.4, 0.5) is 18.9 Å². The largest absolute Gasteiger partial charge is 0.417 e. The van der Waals surface area contributed by atoms with Gasteiger partial charge in [-0.3, -0.25) is 0 Å². The average molecular weight is 310 g/mol. The molecular weight excluding hydrogens is 293 g/mol. The van der Waals surface area contributed by atoms with E-state index in [2.05, 4.69) is 5.32 Å². The van der Waals surface area contributed by atoms with Crippen LogP contribution in [0.2, 0.25) is 0 Å². The van der Waals surface area contributed by atoms with Crippen LogP contribution in [0.1, 0.15) is 36.8 Å². The van der Waals surface area contributed by atoms with Crippen LogP contribution >= 0.6 is 0 Å². The molecule has 1 aliphatic carbocycles. The zero-order chi connectivity index (χ0) is 15.7. The van der Waals surface area contributed by atoms with Gasteiger partial charge in [-0.25, -0.2) is 0 Å². The number of nitrogens with one attached hydrogen (secondary N) is 1. The highest BCUT2D eigenvalue weighted by molar-refractivity contribution is 5.53. The van der Waals surface area contributed by atoms with Crippen LogP contribution in [-0.2, 0) is 10.9 Å². The van der Waals surface area contributed by atoms with E-state index in [-0.39, 0.29) is 17.7 Å². The molecule has 0 radical (unpaired) electrons. The van der Waals surface area contributed by atoms with Gasteiger partial charge in [-0.2, -0.15) is 18.4 Å².